The fourth-order valence-electron chi connectivity index (χ4n) is 3.21. The Balaban J connectivity index is 1.74. The second-order valence-corrected chi connectivity index (χ2v) is 6.34. The van der Waals surface area contributed by atoms with Gasteiger partial charge in [-0.1, -0.05) is 0 Å². The number of rotatable bonds is 2. The molecule has 2 saturated heterocycles. The minimum absolute atomic E-state index is 0.0837. The molecule has 10 heteroatoms. The maximum atomic E-state index is 13.3. The summed E-state index contributed by atoms with van der Waals surface area (Å²) in [4.78, 5) is 37.6. The maximum Gasteiger partial charge on any atom is 0.419 e. The number of benzene rings is 1. The molecule has 140 valence electrons. The fraction of sp³-hybridized carbons (Fsp3) is 0.438. The number of carbonyl (C=O) groups excluding carboxylic acids is 3. The van der Waals surface area contributed by atoms with Crippen molar-refractivity contribution in [3.63, 3.8) is 0 Å². The molecule has 1 aromatic carbocycles. The van der Waals surface area contributed by atoms with Crippen molar-refractivity contribution in [3.05, 3.63) is 35.1 Å². The standard InChI is InChI=1S/C16H15F4N3O3/c1-7-15(26)23-6-9(5-12(23)14(25)21-7)22-13(24)8-2-3-11(17)10(4-8)16(18,19)20/h2-4,7,9,12H,5-6H2,1H3,(H,21,25)(H,22,24)/t7-,9+,12+/m1/s1. The van der Waals surface area contributed by atoms with Gasteiger partial charge in [0.15, 0.2) is 0 Å². The van der Waals surface area contributed by atoms with E-state index in [-0.39, 0.29) is 30.3 Å². The molecule has 26 heavy (non-hydrogen) atoms. The minimum Gasteiger partial charge on any atom is -0.347 e. The highest BCUT2D eigenvalue weighted by molar-refractivity contribution is 5.98. The normalized spacial score (nSPS) is 25.7. The van der Waals surface area contributed by atoms with Gasteiger partial charge < -0.3 is 15.5 Å². The molecule has 0 unspecified atom stereocenters. The van der Waals surface area contributed by atoms with Gasteiger partial charge in [-0.2, -0.15) is 13.2 Å². The van der Waals surface area contributed by atoms with Crippen molar-refractivity contribution in [2.24, 2.45) is 0 Å². The molecule has 0 bridgehead atoms. The number of hydrogen-bond acceptors (Lipinski definition) is 3. The zero-order chi connectivity index (χ0) is 19.2. The molecule has 2 N–H and O–H groups in total. The van der Waals surface area contributed by atoms with Crippen molar-refractivity contribution in [2.45, 2.75) is 37.6 Å². The van der Waals surface area contributed by atoms with Crippen molar-refractivity contribution in [1.82, 2.24) is 15.5 Å². The molecule has 2 aliphatic rings. The van der Waals surface area contributed by atoms with Crippen LogP contribution in [0.3, 0.4) is 0 Å². The fourth-order valence-corrected chi connectivity index (χ4v) is 3.21. The third-order valence-electron chi connectivity index (χ3n) is 4.49. The number of nitrogens with one attached hydrogen (secondary N) is 2. The van der Waals surface area contributed by atoms with Crippen LogP contribution in [0.2, 0.25) is 0 Å². The van der Waals surface area contributed by atoms with Crippen molar-refractivity contribution < 1.29 is 31.9 Å². The monoisotopic (exact) mass is 373 g/mol. The Morgan fingerprint density at radius 2 is 2.00 bits per heavy atom. The summed E-state index contributed by atoms with van der Waals surface area (Å²) >= 11 is 0. The molecule has 6 nitrogen and oxygen atoms in total. The molecule has 0 radical (unpaired) electrons. The van der Waals surface area contributed by atoms with Crippen LogP contribution >= 0.6 is 0 Å². The first kappa shape index (κ1) is 18.2. The molecule has 3 amide bonds. The van der Waals surface area contributed by atoms with Gasteiger partial charge in [0.1, 0.15) is 17.9 Å². The lowest BCUT2D eigenvalue weighted by atomic mass is 10.1. The van der Waals surface area contributed by atoms with E-state index in [1.807, 2.05) is 0 Å². The van der Waals surface area contributed by atoms with Gasteiger partial charge in [0, 0.05) is 18.2 Å². The Bertz CT molecular complexity index is 780. The smallest absolute Gasteiger partial charge is 0.347 e. The SMILES string of the molecule is C[C@H]1NC(=O)[C@@H]2C[C@H](NC(=O)c3ccc(F)c(C(F)(F)F)c3)CN2C1=O. The van der Waals surface area contributed by atoms with Crippen LogP contribution in [0.25, 0.3) is 0 Å². The molecule has 1 aromatic rings. The summed E-state index contributed by atoms with van der Waals surface area (Å²) < 4.78 is 51.6. The van der Waals surface area contributed by atoms with E-state index in [4.69, 9.17) is 0 Å². The number of halogens is 4. The number of amides is 3. The number of hydrogen-bond donors (Lipinski definition) is 2. The van der Waals surface area contributed by atoms with E-state index in [1.165, 1.54) is 4.90 Å². The van der Waals surface area contributed by atoms with Crippen LogP contribution in [0.15, 0.2) is 18.2 Å². The van der Waals surface area contributed by atoms with Crippen LogP contribution in [0.1, 0.15) is 29.3 Å². The lowest BCUT2D eigenvalue weighted by Crippen LogP contribution is -2.60. The number of carbonyl (C=O) groups is 3. The Labute approximate surface area is 145 Å². The van der Waals surface area contributed by atoms with Gasteiger partial charge in [0.2, 0.25) is 11.8 Å². The van der Waals surface area contributed by atoms with Gasteiger partial charge in [0.05, 0.1) is 5.56 Å². The third kappa shape index (κ3) is 3.23. The molecular weight excluding hydrogens is 358 g/mol. The van der Waals surface area contributed by atoms with Gasteiger partial charge in [0.25, 0.3) is 5.91 Å². The summed E-state index contributed by atoms with van der Waals surface area (Å²) in [6, 6.07) is -0.0157. The van der Waals surface area contributed by atoms with Crippen molar-refractivity contribution in [1.29, 1.82) is 0 Å². The number of nitrogens with zero attached hydrogens (tertiary/aromatic N) is 1. The molecule has 2 fully saturated rings. The highest BCUT2D eigenvalue weighted by Crippen LogP contribution is 2.32. The summed E-state index contributed by atoms with van der Waals surface area (Å²) in [5, 5.41) is 5.03. The van der Waals surface area contributed by atoms with E-state index in [1.54, 1.807) is 6.92 Å². The molecule has 0 saturated carbocycles. The molecule has 0 aromatic heterocycles. The Hall–Kier alpha value is -2.65. The largest absolute Gasteiger partial charge is 0.419 e. The second kappa shape index (κ2) is 6.26. The molecule has 2 aliphatic heterocycles. The summed E-state index contributed by atoms with van der Waals surface area (Å²) in [6.07, 6.45) is -4.77. The van der Waals surface area contributed by atoms with E-state index in [0.717, 1.165) is 6.07 Å². The molecule has 3 rings (SSSR count). The van der Waals surface area contributed by atoms with Crippen molar-refractivity contribution in [2.75, 3.05) is 6.54 Å². The Morgan fingerprint density at radius 1 is 1.31 bits per heavy atom. The van der Waals surface area contributed by atoms with E-state index in [0.29, 0.717) is 12.1 Å². The Morgan fingerprint density at radius 3 is 2.65 bits per heavy atom. The molecular formula is C16H15F4N3O3. The number of alkyl halides is 3. The topological polar surface area (TPSA) is 78.5 Å². The van der Waals surface area contributed by atoms with E-state index >= 15 is 0 Å². The average molecular weight is 373 g/mol. The quantitative estimate of drug-likeness (QED) is 0.761. The predicted octanol–water partition coefficient (Wildman–Crippen LogP) is 1.06. The zero-order valence-corrected chi connectivity index (χ0v) is 13.6. The van der Waals surface area contributed by atoms with Gasteiger partial charge in [-0.25, -0.2) is 4.39 Å². The molecule has 3 atom stereocenters. The van der Waals surface area contributed by atoms with Gasteiger partial charge in [-0.3, -0.25) is 14.4 Å². The summed E-state index contributed by atoms with van der Waals surface area (Å²) in [6.45, 7) is 1.62. The minimum atomic E-state index is -4.92. The highest BCUT2D eigenvalue weighted by Gasteiger charge is 2.45. The van der Waals surface area contributed by atoms with Crippen LogP contribution in [-0.2, 0) is 15.8 Å². The first-order chi connectivity index (χ1) is 12.1. The average Bonchev–Trinajstić information content (AvgIpc) is 2.96. The lowest BCUT2D eigenvalue weighted by Gasteiger charge is -2.32. The van der Waals surface area contributed by atoms with Gasteiger partial charge in [-0.15, -0.1) is 0 Å². The lowest BCUT2D eigenvalue weighted by molar-refractivity contribution is -0.146. The van der Waals surface area contributed by atoms with Crippen LogP contribution in [0.5, 0.6) is 0 Å². The first-order valence-electron chi connectivity index (χ1n) is 7.86. The Kier molecular flexibility index (Phi) is 4.37. The van der Waals surface area contributed by atoms with Crippen LogP contribution < -0.4 is 10.6 Å². The molecule has 2 heterocycles. The summed E-state index contributed by atoms with van der Waals surface area (Å²) in [5.74, 6) is -2.92. The van der Waals surface area contributed by atoms with E-state index in [9.17, 15) is 31.9 Å². The predicted molar refractivity (Wildman–Crippen MR) is 80.4 cm³/mol. The number of piperazine rings is 1. The van der Waals surface area contributed by atoms with Crippen LogP contribution in [0, 0.1) is 5.82 Å². The van der Waals surface area contributed by atoms with E-state index < -0.39 is 41.6 Å². The van der Waals surface area contributed by atoms with Gasteiger partial charge >= 0.3 is 6.18 Å². The first-order valence-corrected chi connectivity index (χ1v) is 7.86. The van der Waals surface area contributed by atoms with Crippen LogP contribution in [-0.4, -0.2) is 47.3 Å². The van der Waals surface area contributed by atoms with Crippen molar-refractivity contribution in [3.8, 4) is 0 Å². The zero-order valence-electron chi connectivity index (χ0n) is 13.6. The van der Waals surface area contributed by atoms with Crippen molar-refractivity contribution >= 4 is 17.7 Å². The third-order valence-corrected chi connectivity index (χ3v) is 4.49. The summed E-state index contributed by atoms with van der Waals surface area (Å²) in [7, 11) is 0. The molecule has 0 aliphatic carbocycles. The number of fused-ring (bicyclic) bond motifs is 1. The summed E-state index contributed by atoms with van der Waals surface area (Å²) in [5.41, 5.74) is -1.88. The van der Waals surface area contributed by atoms with E-state index in [2.05, 4.69) is 10.6 Å². The molecule has 0 spiro atoms. The van der Waals surface area contributed by atoms with Crippen LogP contribution in [0.4, 0.5) is 17.6 Å². The van der Waals surface area contributed by atoms with Gasteiger partial charge in [-0.05, 0) is 31.5 Å². The second-order valence-electron chi connectivity index (χ2n) is 6.34. The maximum absolute atomic E-state index is 13.3. The highest BCUT2D eigenvalue weighted by atomic mass is 19.4.